The average Bonchev–Trinajstić information content (AvgIpc) is 2.38. The van der Waals surface area contributed by atoms with Crippen LogP contribution in [0.25, 0.3) is 0 Å². The first-order valence-corrected chi connectivity index (χ1v) is 7.08. The van der Waals surface area contributed by atoms with Gasteiger partial charge in [0.05, 0.1) is 20.3 Å². The standard InChI is InChI=1S/C14H22BrNO3/c1-5-19-13-10(8-16-14(2,3)9-17)6-11(15)7-12(13)18-4/h6-7,16-17H,5,8-9H2,1-4H3. The van der Waals surface area contributed by atoms with Crippen LogP contribution in [-0.2, 0) is 6.54 Å². The number of benzene rings is 1. The topological polar surface area (TPSA) is 50.7 Å². The van der Waals surface area contributed by atoms with Crippen molar-refractivity contribution in [2.45, 2.75) is 32.9 Å². The van der Waals surface area contributed by atoms with Gasteiger partial charge in [0.25, 0.3) is 0 Å². The van der Waals surface area contributed by atoms with E-state index in [-0.39, 0.29) is 12.1 Å². The van der Waals surface area contributed by atoms with E-state index in [1.54, 1.807) is 7.11 Å². The highest BCUT2D eigenvalue weighted by atomic mass is 79.9. The molecule has 2 N–H and O–H groups in total. The molecule has 0 amide bonds. The second-order valence-corrected chi connectivity index (χ2v) is 5.84. The lowest BCUT2D eigenvalue weighted by Gasteiger charge is -2.24. The van der Waals surface area contributed by atoms with Crippen LogP contribution in [0.5, 0.6) is 11.5 Å². The molecule has 19 heavy (non-hydrogen) atoms. The number of aliphatic hydroxyl groups excluding tert-OH is 1. The van der Waals surface area contributed by atoms with Gasteiger partial charge < -0.3 is 19.9 Å². The first-order valence-electron chi connectivity index (χ1n) is 6.28. The summed E-state index contributed by atoms with van der Waals surface area (Å²) in [5, 5.41) is 12.6. The Balaban J connectivity index is 3.00. The highest BCUT2D eigenvalue weighted by Gasteiger charge is 2.18. The van der Waals surface area contributed by atoms with Crippen molar-refractivity contribution >= 4 is 15.9 Å². The Bertz CT molecular complexity index is 421. The number of halogens is 1. The fourth-order valence-corrected chi connectivity index (χ4v) is 2.09. The minimum Gasteiger partial charge on any atom is -0.493 e. The Kier molecular flexibility index (Phi) is 6.10. The van der Waals surface area contributed by atoms with Crippen molar-refractivity contribution in [2.75, 3.05) is 20.3 Å². The van der Waals surface area contributed by atoms with Gasteiger partial charge >= 0.3 is 0 Å². The zero-order valence-electron chi connectivity index (χ0n) is 11.9. The summed E-state index contributed by atoms with van der Waals surface area (Å²) in [7, 11) is 1.62. The Labute approximate surface area is 123 Å². The maximum atomic E-state index is 9.27. The Morgan fingerprint density at radius 1 is 1.37 bits per heavy atom. The van der Waals surface area contributed by atoms with Crippen LogP contribution in [0.2, 0.25) is 0 Å². The number of hydrogen-bond donors (Lipinski definition) is 2. The van der Waals surface area contributed by atoms with Crippen molar-refractivity contribution in [3.05, 3.63) is 22.2 Å². The van der Waals surface area contributed by atoms with Crippen molar-refractivity contribution in [1.29, 1.82) is 0 Å². The number of methoxy groups -OCH3 is 1. The number of aliphatic hydroxyl groups is 1. The van der Waals surface area contributed by atoms with Gasteiger partial charge in [0.2, 0.25) is 0 Å². The van der Waals surface area contributed by atoms with E-state index < -0.39 is 0 Å². The molecular weight excluding hydrogens is 310 g/mol. The van der Waals surface area contributed by atoms with Crippen molar-refractivity contribution in [3.63, 3.8) is 0 Å². The quantitative estimate of drug-likeness (QED) is 0.806. The molecule has 0 aliphatic rings. The van der Waals surface area contributed by atoms with Crippen molar-refractivity contribution in [3.8, 4) is 11.5 Å². The maximum absolute atomic E-state index is 9.27. The third-order valence-corrected chi connectivity index (χ3v) is 3.22. The summed E-state index contributed by atoms with van der Waals surface area (Å²) in [6.07, 6.45) is 0. The molecule has 0 aliphatic heterocycles. The highest BCUT2D eigenvalue weighted by molar-refractivity contribution is 9.10. The third-order valence-electron chi connectivity index (χ3n) is 2.76. The molecule has 4 nitrogen and oxygen atoms in total. The van der Waals surface area contributed by atoms with Gasteiger partial charge in [-0.1, -0.05) is 15.9 Å². The fraction of sp³-hybridized carbons (Fsp3) is 0.571. The smallest absolute Gasteiger partial charge is 0.165 e. The van der Waals surface area contributed by atoms with Crippen LogP contribution in [0.1, 0.15) is 26.3 Å². The zero-order chi connectivity index (χ0) is 14.5. The molecule has 0 heterocycles. The van der Waals surface area contributed by atoms with Crippen LogP contribution in [0.15, 0.2) is 16.6 Å². The minimum absolute atomic E-state index is 0.0715. The lowest BCUT2D eigenvalue weighted by molar-refractivity contribution is 0.186. The van der Waals surface area contributed by atoms with Crippen LogP contribution >= 0.6 is 15.9 Å². The highest BCUT2D eigenvalue weighted by Crippen LogP contribution is 2.35. The molecule has 0 atom stereocenters. The molecule has 0 bridgehead atoms. The molecule has 0 saturated carbocycles. The van der Waals surface area contributed by atoms with E-state index >= 15 is 0 Å². The first kappa shape index (κ1) is 16.3. The van der Waals surface area contributed by atoms with E-state index in [0.29, 0.717) is 18.9 Å². The molecule has 0 aliphatic carbocycles. The van der Waals surface area contributed by atoms with E-state index in [0.717, 1.165) is 15.8 Å². The summed E-state index contributed by atoms with van der Waals surface area (Å²) in [5.74, 6) is 1.45. The van der Waals surface area contributed by atoms with Gasteiger partial charge in [0.1, 0.15) is 0 Å². The number of rotatable bonds is 7. The van der Waals surface area contributed by atoms with E-state index in [2.05, 4.69) is 21.2 Å². The molecule has 1 rings (SSSR count). The van der Waals surface area contributed by atoms with Crippen LogP contribution < -0.4 is 14.8 Å². The van der Waals surface area contributed by atoms with Gasteiger partial charge in [-0.2, -0.15) is 0 Å². The molecule has 5 heteroatoms. The summed E-state index contributed by atoms with van der Waals surface area (Å²) < 4.78 is 11.9. The predicted molar refractivity (Wildman–Crippen MR) is 79.9 cm³/mol. The fourth-order valence-electron chi connectivity index (χ4n) is 1.60. The maximum Gasteiger partial charge on any atom is 0.165 e. The van der Waals surface area contributed by atoms with Gasteiger partial charge in [-0.15, -0.1) is 0 Å². The monoisotopic (exact) mass is 331 g/mol. The third kappa shape index (κ3) is 4.67. The predicted octanol–water partition coefficient (Wildman–Crippen LogP) is 2.72. The van der Waals surface area contributed by atoms with Crippen molar-refractivity contribution < 1.29 is 14.6 Å². The van der Waals surface area contributed by atoms with Gasteiger partial charge in [-0.05, 0) is 32.9 Å². The molecular formula is C14H22BrNO3. The largest absolute Gasteiger partial charge is 0.493 e. The lowest BCUT2D eigenvalue weighted by atomic mass is 10.1. The minimum atomic E-state index is -0.334. The lowest BCUT2D eigenvalue weighted by Crippen LogP contribution is -2.42. The SMILES string of the molecule is CCOc1c(CNC(C)(C)CO)cc(Br)cc1OC. The van der Waals surface area contributed by atoms with E-state index in [1.165, 1.54) is 0 Å². The molecule has 0 saturated heterocycles. The summed E-state index contributed by atoms with van der Waals surface area (Å²) in [6, 6.07) is 3.87. The van der Waals surface area contributed by atoms with Gasteiger partial charge in [0, 0.05) is 22.1 Å². The molecule has 108 valence electrons. The van der Waals surface area contributed by atoms with Crippen molar-refractivity contribution in [2.24, 2.45) is 0 Å². The van der Waals surface area contributed by atoms with Crippen LogP contribution in [-0.4, -0.2) is 31.0 Å². The van der Waals surface area contributed by atoms with Crippen LogP contribution in [0.4, 0.5) is 0 Å². The Morgan fingerprint density at radius 3 is 2.58 bits per heavy atom. The van der Waals surface area contributed by atoms with Crippen LogP contribution in [0.3, 0.4) is 0 Å². The average molecular weight is 332 g/mol. The summed E-state index contributed by atoms with van der Waals surface area (Å²) in [4.78, 5) is 0. The first-order chi connectivity index (χ1) is 8.93. The number of ether oxygens (including phenoxy) is 2. The molecule has 0 radical (unpaired) electrons. The number of nitrogens with one attached hydrogen (secondary N) is 1. The zero-order valence-corrected chi connectivity index (χ0v) is 13.5. The summed E-state index contributed by atoms with van der Waals surface area (Å²) >= 11 is 3.46. The van der Waals surface area contributed by atoms with E-state index in [4.69, 9.17) is 9.47 Å². The molecule has 1 aromatic carbocycles. The summed E-state index contributed by atoms with van der Waals surface area (Å²) in [6.45, 7) is 7.08. The molecule has 0 aromatic heterocycles. The molecule has 1 aromatic rings. The normalized spacial score (nSPS) is 11.5. The van der Waals surface area contributed by atoms with Gasteiger partial charge in [-0.25, -0.2) is 0 Å². The van der Waals surface area contributed by atoms with Gasteiger partial charge in [0.15, 0.2) is 11.5 Å². The molecule has 0 unspecified atom stereocenters. The number of hydrogen-bond acceptors (Lipinski definition) is 4. The molecule has 0 spiro atoms. The second-order valence-electron chi connectivity index (χ2n) is 4.92. The Hall–Kier alpha value is -0.780. The second kappa shape index (κ2) is 7.12. The molecule has 0 fully saturated rings. The Morgan fingerprint density at radius 2 is 2.05 bits per heavy atom. The van der Waals surface area contributed by atoms with E-state index in [9.17, 15) is 5.11 Å². The van der Waals surface area contributed by atoms with Crippen LogP contribution in [0, 0.1) is 0 Å². The van der Waals surface area contributed by atoms with E-state index in [1.807, 2.05) is 32.9 Å². The van der Waals surface area contributed by atoms with Crippen molar-refractivity contribution in [1.82, 2.24) is 5.32 Å². The summed E-state index contributed by atoms with van der Waals surface area (Å²) in [5.41, 5.74) is 0.661. The van der Waals surface area contributed by atoms with Gasteiger partial charge in [-0.3, -0.25) is 0 Å².